The van der Waals surface area contributed by atoms with Gasteiger partial charge in [0.1, 0.15) is 17.3 Å². The van der Waals surface area contributed by atoms with Crippen molar-refractivity contribution in [3.63, 3.8) is 0 Å². The molecule has 7 rings (SSSR count). The predicted octanol–water partition coefficient (Wildman–Crippen LogP) is 5.54. The summed E-state index contributed by atoms with van der Waals surface area (Å²) in [6.07, 6.45) is -2.97. The number of hydrogen-bond acceptors (Lipinski definition) is 5. The second-order valence-electron chi connectivity index (χ2n) is 11.4. The van der Waals surface area contributed by atoms with Gasteiger partial charge in [0.25, 0.3) is 0 Å². The number of fused-ring (bicyclic) bond motifs is 3. The fourth-order valence-electron chi connectivity index (χ4n) is 6.69. The summed E-state index contributed by atoms with van der Waals surface area (Å²) in [5, 5.41) is 9.24. The van der Waals surface area contributed by atoms with Gasteiger partial charge in [0.05, 0.1) is 25.4 Å². The normalized spacial score (nSPS) is 22.0. The lowest BCUT2D eigenvalue weighted by atomic mass is 9.57. The van der Waals surface area contributed by atoms with Crippen molar-refractivity contribution in [2.45, 2.75) is 50.5 Å². The van der Waals surface area contributed by atoms with Gasteiger partial charge in [0.15, 0.2) is 17.2 Å². The lowest BCUT2D eigenvalue weighted by molar-refractivity contribution is -0.310. The van der Waals surface area contributed by atoms with Gasteiger partial charge >= 0.3 is 6.18 Å². The first-order chi connectivity index (χ1) is 18.5. The molecule has 1 aromatic heterocycles. The topological polar surface area (TPSA) is 46.4 Å². The van der Waals surface area contributed by atoms with E-state index in [-0.39, 0.29) is 30.1 Å². The van der Waals surface area contributed by atoms with Gasteiger partial charge in [0.2, 0.25) is 0 Å². The fourth-order valence-corrected chi connectivity index (χ4v) is 6.89. The van der Waals surface area contributed by atoms with E-state index in [0.29, 0.717) is 40.9 Å². The van der Waals surface area contributed by atoms with E-state index in [9.17, 15) is 22.0 Å². The third-order valence-electron chi connectivity index (χ3n) is 8.90. The van der Waals surface area contributed by atoms with E-state index in [4.69, 9.17) is 16.3 Å². The van der Waals surface area contributed by atoms with Gasteiger partial charge in [-0.05, 0) is 55.2 Å². The zero-order valence-electron chi connectivity index (χ0n) is 21.0. The molecular weight excluding hydrogens is 541 g/mol. The zero-order chi connectivity index (χ0) is 27.3. The second kappa shape index (κ2) is 8.37. The molecule has 4 heterocycles. The lowest BCUT2D eigenvalue weighted by Crippen LogP contribution is -2.69. The molecule has 0 N–H and O–H groups in total. The summed E-state index contributed by atoms with van der Waals surface area (Å²) in [5.41, 5.74) is -0.377. The van der Waals surface area contributed by atoms with Crippen LogP contribution in [0, 0.1) is 24.0 Å². The minimum atomic E-state index is -4.48. The average Bonchev–Trinajstić information content (AvgIpc) is 3.10. The smallest absolute Gasteiger partial charge is 0.377 e. The number of anilines is 1. The molecule has 12 heteroatoms. The monoisotopic (exact) mass is 565 g/mol. The number of alkyl halides is 3. The number of ether oxygens (including phenoxy) is 1. The van der Waals surface area contributed by atoms with E-state index in [2.05, 4.69) is 10.2 Å². The van der Waals surface area contributed by atoms with Crippen molar-refractivity contribution in [3.8, 4) is 5.69 Å². The summed E-state index contributed by atoms with van der Waals surface area (Å²) in [4.78, 5) is 3.12. The third kappa shape index (κ3) is 3.65. The summed E-state index contributed by atoms with van der Waals surface area (Å²) >= 11 is 6.27. The summed E-state index contributed by atoms with van der Waals surface area (Å²) in [5.74, 6) is 0.0519. The molecule has 3 aliphatic heterocycles. The lowest BCUT2D eigenvalue weighted by Gasteiger charge is -2.59. The second-order valence-corrected chi connectivity index (χ2v) is 11.9. The van der Waals surface area contributed by atoms with Crippen molar-refractivity contribution in [2.75, 3.05) is 31.2 Å². The van der Waals surface area contributed by atoms with Crippen LogP contribution in [-0.2, 0) is 17.8 Å². The van der Waals surface area contributed by atoms with E-state index in [0.717, 1.165) is 18.5 Å². The summed E-state index contributed by atoms with van der Waals surface area (Å²) in [6.45, 7) is 1.82. The van der Waals surface area contributed by atoms with Crippen molar-refractivity contribution in [2.24, 2.45) is 5.41 Å². The Hall–Kier alpha value is -2.76. The van der Waals surface area contributed by atoms with Gasteiger partial charge in [-0.2, -0.15) is 13.2 Å². The molecule has 3 fully saturated rings. The standard InChI is InChI=1S/C27H25ClF5N5O/c1-15-2-4-19(29)23(22(15)30)36-11-25(12-36)7-17(8-25)24-35-34-21-10-37(26(13-39-14-26)27(31,32)33)9-16-6-18(28)3-5-20(16)38(21)24/h2-6,17H,7-14H2,1H3. The van der Waals surface area contributed by atoms with Crippen molar-refractivity contribution >= 4 is 17.3 Å². The van der Waals surface area contributed by atoms with Crippen molar-refractivity contribution in [1.29, 1.82) is 0 Å². The average molecular weight is 566 g/mol. The van der Waals surface area contributed by atoms with Gasteiger partial charge in [-0.1, -0.05) is 17.7 Å². The highest BCUT2D eigenvalue weighted by Crippen LogP contribution is 2.57. The number of halogens is 6. The first-order valence-corrected chi connectivity index (χ1v) is 13.2. The van der Waals surface area contributed by atoms with Crippen molar-refractivity contribution in [1.82, 2.24) is 19.7 Å². The molecule has 0 unspecified atom stereocenters. The van der Waals surface area contributed by atoms with Crippen LogP contribution < -0.4 is 4.90 Å². The van der Waals surface area contributed by atoms with Crippen LogP contribution in [0.15, 0.2) is 30.3 Å². The first kappa shape index (κ1) is 25.2. The molecule has 1 spiro atoms. The number of rotatable bonds is 3. The summed E-state index contributed by atoms with van der Waals surface area (Å²) in [6, 6.07) is 7.94. The van der Waals surface area contributed by atoms with E-state index in [1.807, 2.05) is 4.57 Å². The maximum Gasteiger partial charge on any atom is 0.411 e. The molecule has 206 valence electrons. The molecule has 1 aliphatic carbocycles. The fraction of sp³-hybridized carbons (Fsp3) is 0.481. The van der Waals surface area contributed by atoms with E-state index in [1.165, 1.54) is 17.0 Å². The quantitative estimate of drug-likeness (QED) is 0.390. The zero-order valence-corrected chi connectivity index (χ0v) is 21.8. The van der Waals surface area contributed by atoms with Crippen LogP contribution in [0.25, 0.3) is 5.69 Å². The molecule has 0 amide bonds. The van der Waals surface area contributed by atoms with Crippen molar-refractivity contribution < 1.29 is 26.7 Å². The Labute approximate surface area is 226 Å². The highest BCUT2D eigenvalue weighted by atomic mass is 35.5. The van der Waals surface area contributed by atoms with Crippen LogP contribution >= 0.6 is 11.6 Å². The minimum absolute atomic E-state index is 0.0184. The largest absolute Gasteiger partial charge is 0.411 e. The van der Waals surface area contributed by atoms with Crippen LogP contribution in [0.5, 0.6) is 0 Å². The van der Waals surface area contributed by atoms with Crippen LogP contribution in [0.4, 0.5) is 27.6 Å². The number of aromatic nitrogens is 3. The molecule has 6 nitrogen and oxygen atoms in total. The third-order valence-corrected chi connectivity index (χ3v) is 9.13. The van der Waals surface area contributed by atoms with Gasteiger partial charge in [0, 0.05) is 36.0 Å². The Morgan fingerprint density at radius 1 is 1.03 bits per heavy atom. The Morgan fingerprint density at radius 2 is 1.77 bits per heavy atom. The maximum absolute atomic E-state index is 14.6. The van der Waals surface area contributed by atoms with Crippen LogP contribution in [0.1, 0.15) is 41.5 Å². The van der Waals surface area contributed by atoms with Gasteiger partial charge in [-0.15, -0.1) is 10.2 Å². The number of benzene rings is 2. The first-order valence-electron chi connectivity index (χ1n) is 12.8. The number of nitrogens with zero attached hydrogens (tertiary/aromatic N) is 5. The van der Waals surface area contributed by atoms with Gasteiger partial charge in [-0.25, -0.2) is 8.78 Å². The highest BCUT2D eigenvalue weighted by Gasteiger charge is 2.64. The molecule has 4 aliphatic rings. The molecule has 2 saturated heterocycles. The molecule has 3 aromatic rings. The number of hydrogen-bond donors (Lipinski definition) is 0. The summed E-state index contributed by atoms with van der Waals surface area (Å²) in [7, 11) is 0. The van der Waals surface area contributed by atoms with E-state index in [1.54, 1.807) is 30.0 Å². The van der Waals surface area contributed by atoms with Crippen LogP contribution in [-0.4, -0.2) is 57.7 Å². The maximum atomic E-state index is 14.6. The Bertz CT molecular complexity index is 1470. The Balaban J connectivity index is 1.17. The molecule has 39 heavy (non-hydrogen) atoms. The molecule has 0 radical (unpaired) electrons. The Kier molecular flexibility index (Phi) is 5.42. The van der Waals surface area contributed by atoms with E-state index >= 15 is 0 Å². The molecule has 1 saturated carbocycles. The molecule has 0 bridgehead atoms. The SMILES string of the molecule is Cc1ccc(F)c(N2CC3(CC(c4nnc5n4-c4ccc(Cl)cc4CN(C4(C(F)(F)F)COC4)C5)C3)C2)c1F. The van der Waals surface area contributed by atoms with Crippen molar-refractivity contribution in [3.05, 3.63) is 69.8 Å². The number of aryl methyl sites for hydroxylation is 1. The predicted molar refractivity (Wildman–Crippen MR) is 133 cm³/mol. The van der Waals surface area contributed by atoms with Gasteiger partial charge in [-0.3, -0.25) is 9.47 Å². The van der Waals surface area contributed by atoms with Crippen LogP contribution in [0.3, 0.4) is 0 Å². The van der Waals surface area contributed by atoms with Crippen LogP contribution in [0.2, 0.25) is 5.02 Å². The molecule has 2 aromatic carbocycles. The van der Waals surface area contributed by atoms with E-state index < -0.39 is 36.6 Å². The minimum Gasteiger partial charge on any atom is -0.377 e. The summed E-state index contributed by atoms with van der Waals surface area (Å²) < 4.78 is 78.6. The molecular formula is C27H25ClF5N5O. The Morgan fingerprint density at radius 3 is 2.44 bits per heavy atom. The highest BCUT2D eigenvalue weighted by molar-refractivity contribution is 6.30. The molecule has 0 atom stereocenters. The van der Waals surface area contributed by atoms with Gasteiger partial charge < -0.3 is 9.64 Å².